The highest BCUT2D eigenvalue weighted by Crippen LogP contribution is 2.40. The zero-order valence-corrected chi connectivity index (χ0v) is 15.0. The molecular formula is C20H13FN2O3S. The molecule has 0 aliphatic carbocycles. The second kappa shape index (κ2) is 7.13. The third-order valence-corrected chi connectivity index (χ3v) is 4.91. The van der Waals surface area contributed by atoms with Crippen LogP contribution in [-0.4, -0.2) is 23.4 Å². The lowest BCUT2D eigenvalue weighted by molar-refractivity contribution is 0.112. The van der Waals surface area contributed by atoms with Crippen LogP contribution in [0.5, 0.6) is 17.4 Å². The van der Waals surface area contributed by atoms with Crippen LogP contribution in [0, 0.1) is 5.82 Å². The van der Waals surface area contributed by atoms with Crippen molar-refractivity contribution in [3.8, 4) is 28.5 Å². The fourth-order valence-corrected chi connectivity index (χ4v) is 3.62. The van der Waals surface area contributed by atoms with Gasteiger partial charge in [0.25, 0.3) is 0 Å². The number of methoxy groups -OCH3 is 1. The Bertz CT molecular complexity index is 1130. The molecule has 5 nitrogen and oxygen atoms in total. The number of thiophene rings is 1. The Labute approximate surface area is 158 Å². The molecule has 27 heavy (non-hydrogen) atoms. The molecule has 0 aliphatic heterocycles. The molecule has 0 radical (unpaired) electrons. The number of fused-ring (bicyclic) bond motifs is 1. The molecule has 0 spiro atoms. The van der Waals surface area contributed by atoms with E-state index < -0.39 is 0 Å². The Kier molecular flexibility index (Phi) is 4.52. The number of ether oxygens (including phenoxy) is 2. The smallest absolute Gasteiger partial charge is 0.231 e. The van der Waals surface area contributed by atoms with Crippen LogP contribution in [0.25, 0.3) is 21.3 Å². The van der Waals surface area contributed by atoms with Gasteiger partial charge in [-0.05, 0) is 35.9 Å². The number of halogens is 1. The summed E-state index contributed by atoms with van der Waals surface area (Å²) in [6.45, 7) is 0. The first kappa shape index (κ1) is 17.1. The molecule has 2 aromatic carbocycles. The summed E-state index contributed by atoms with van der Waals surface area (Å²) in [5.74, 6) is 0.910. The van der Waals surface area contributed by atoms with Crippen molar-refractivity contribution in [2.45, 2.75) is 0 Å². The van der Waals surface area contributed by atoms with Gasteiger partial charge in [0.05, 0.1) is 12.5 Å². The van der Waals surface area contributed by atoms with Gasteiger partial charge in [-0.1, -0.05) is 12.1 Å². The summed E-state index contributed by atoms with van der Waals surface area (Å²) in [5.41, 5.74) is 2.18. The van der Waals surface area contributed by atoms with Gasteiger partial charge in [0.15, 0.2) is 11.5 Å². The van der Waals surface area contributed by atoms with E-state index in [1.54, 1.807) is 30.3 Å². The SMILES string of the molecule is COc1cc(C=O)ccc1Oc1ncnc2scc(-c3ccc(F)cc3)c12. The minimum atomic E-state index is -0.300. The van der Waals surface area contributed by atoms with E-state index >= 15 is 0 Å². The first-order valence-corrected chi connectivity index (χ1v) is 8.87. The molecule has 2 heterocycles. The van der Waals surface area contributed by atoms with Crippen molar-refractivity contribution in [2.75, 3.05) is 7.11 Å². The second-order valence-corrected chi connectivity index (χ2v) is 6.50. The lowest BCUT2D eigenvalue weighted by Gasteiger charge is -2.11. The molecule has 7 heteroatoms. The molecule has 0 atom stereocenters. The second-order valence-electron chi connectivity index (χ2n) is 5.65. The van der Waals surface area contributed by atoms with Gasteiger partial charge in [0.1, 0.15) is 23.3 Å². The molecule has 134 valence electrons. The van der Waals surface area contributed by atoms with Crippen molar-refractivity contribution in [1.82, 2.24) is 9.97 Å². The molecular weight excluding hydrogens is 367 g/mol. The van der Waals surface area contributed by atoms with E-state index in [4.69, 9.17) is 9.47 Å². The van der Waals surface area contributed by atoms with Crippen molar-refractivity contribution in [2.24, 2.45) is 0 Å². The molecule has 0 saturated carbocycles. The third-order valence-electron chi connectivity index (χ3n) is 4.02. The fraction of sp³-hybridized carbons (Fsp3) is 0.0500. The Hall–Kier alpha value is -3.32. The van der Waals surface area contributed by atoms with Crippen molar-refractivity contribution in [1.29, 1.82) is 0 Å². The highest BCUT2D eigenvalue weighted by Gasteiger charge is 2.16. The zero-order chi connectivity index (χ0) is 18.8. The quantitative estimate of drug-likeness (QED) is 0.450. The number of hydrogen-bond donors (Lipinski definition) is 0. The Morgan fingerprint density at radius 2 is 1.89 bits per heavy atom. The van der Waals surface area contributed by atoms with Gasteiger partial charge >= 0.3 is 0 Å². The van der Waals surface area contributed by atoms with Crippen molar-refractivity contribution in [3.63, 3.8) is 0 Å². The van der Waals surface area contributed by atoms with Gasteiger partial charge in [-0.3, -0.25) is 4.79 Å². The van der Waals surface area contributed by atoms with E-state index in [0.717, 1.165) is 27.6 Å². The number of aromatic nitrogens is 2. The van der Waals surface area contributed by atoms with Crippen molar-refractivity contribution in [3.05, 3.63) is 65.6 Å². The van der Waals surface area contributed by atoms with E-state index in [1.807, 2.05) is 5.38 Å². The third kappa shape index (κ3) is 3.24. The van der Waals surface area contributed by atoms with Crippen molar-refractivity contribution < 1.29 is 18.7 Å². The van der Waals surface area contributed by atoms with Crippen LogP contribution >= 0.6 is 11.3 Å². The van der Waals surface area contributed by atoms with E-state index in [1.165, 1.54) is 36.9 Å². The van der Waals surface area contributed by atoms with Gasteiger partial charge in [0.2, 0.25) is 5.88 Å². The topological polar surface area (TPSA) is 61.3 Å². The lowest BCUT2D eigenvalue weighted by atomic mass is 10.1. The first-order chi connectivity index (χ1) is 13.2. The average Bonchev–Trinajstić information content (AvgIpc) is 3.14. The molecule has 0 fully saturated rings. The zero-order valence-electron chi connectivity index (χ0n) is 14.2. The molecule has 4 aromatic rings. The highest BCUT2D eigenvalue weighted by atomic mass is 32.1. The average molecular weight is 380 g/mol. The summed E-state index contributed by atoms with van der Waals surface area (Å²) < 4.78 is 24.6. The number of carbonyl (C=O) groups is 1. The van der Waals surface area contributed by atoms with Crippen LogP contribution in [0.2, 0.25) is 0 Å². The summed E-state index contributed by atoms with van der Waals surface area (Å²) >= 11 is 1.45. The van der Waals surface area contributed by atoms with Crippen molar-refractivity contribution >= 4 is 27.8 Å². The molecule has 4 rings (SSSR count). The number of rotatable bonds is 5. The van der Waals surface area contributed by atoms with E-state index in [2.05, 4.69) is 9.97 Å². The molecule has 0 aliphatic rings. The number of carbonyl (C=O) groups excluding carboxylic acids is 1. The van der Waals surface area contributed by atoms with Crippen LogP contribution < -0.4 is 9.47 Å². The number of aldehydes is 1. The predicted molar refractivity (Wildman–Crippen MR) is 101 cm³/mol. The largest absolute Gasteiger partial charge is 0.493 e. The first-order valence-electron chi connectivity index (χ1n) is 7.99. The summed E-state index contributed by atoms with van der Waals surface area (Å²) in [4.78, 5) is 20.3. The van der Waals surface area contributed by atoms with Gasteiger partial charge < -0.3 is 9.47 Å². The molecule has 0 bridgehead atoms. The van der Waals surface area contributed by atoms with E-state index in [0.29, 0.717) is 22.9 Å². The number of benzene rings is 2. The van der Waals surface area contributed by atoms with Crippen LogP contribution in [-0.2, 0) is 0 Å². The minimum Gasteiger partial charge on any atom is -0.493 e. The number of hydrogen-bond acceptors (Lipinski definition) is 6. The molecule has 0 saturated heterocycles. The lowest BCUT2D eigenvalue weighted by Crippen LogP contribution is -1.95. The summed E-state index contributed by atoms with van der Waals surface area (Å²) in [7, 11) is 1.50. The maximum atomic E-state index is 13.3. The van der Waals surface area contributed by atoms with Gasteiger partial charge in [-0.25, -0.2) is 14.4 Å². The summed E-state index contributed by atoms with van der Waals surface area (Å²) in [6, 6.07) is 11.1. The maximum Gasteiger partial charge on any atom is 0.231 e. The summed E-state index contributed by atoms with van der Waals surface area (Å²) in [5, 5.41) is 2.67. The van der Waals surface area contributed by atoms with Crippen LogP contribution in [0.15, 0.2) is 54.2 Å². The number of nitrogens with zero attached hydrogens (tertiary/aromatic N) is 2. The predicted octanol–water partition coefficient (Wildman–Crippen LogP) is 5.11. The minimum absolute atomic E-state index is 0.300. The molecule has 0 unspecified atom stereocenters. The van der Waals surface area contributed by atoms with Crippen LogP contribution in [0.3, 0.4) is 0 Å². The molecule has 0 amide bonds. The Morgan fingerprint density at radius 3 is 2.63 bits per heavy atom. The van der Waals surface area contributed by atoms with E-state index in [9.17, 15) is 9.18 Å². The Balaban J connectivity index is 1.82. The van der Waals surface area contributed by atoms with Gasteiger partial charge in [0, 0.05) is 16.5 Å². The van der Waals surface area contributed by atoms with Crippen LogP contribution in [0.1, 0.15) is 10.4 Å². The Morgan fingerprint density at radius 1 is 1.07 bits per heavy atom. The fourth-order valence-electron chi connectivity index (χ4n) is 2.71. The van der Waals surface area contributed by atoms with Gasteiger partial charge in [-0.2, -0.15) is 0 Å². The maximum absolute atomic E-state index is 13.3. The monoisotopic (exact) mass is 380 g/mol. The normalized spacial score (nSPS) is 10.7. The summed E-state index contributed by atoms with van der Waals surface area (Å²) in [6.07, 6.45) is 2.16. The molecule has 0 N–H and O–H groups in total. The molecule has 2 aromatic heterocycles. The van der Waals surface area contributed by atoms with Gasteiger partial charge in [-0.15, -0.1) is 11.3 Å². The van der Waals surface area contributed by atoms with E-state index in [-0.39, 0.29) is 5.82 Å². The highest BCUT2D eigenvalue weighted by molar-refractivity contribution is 7.17. The van der Waals surface area contributed by atoms with Crippen LogP contribution in [0.4, 0.5) is 4.39 Å². The standard InChI is InChI=1S/C20H13FN2O3S/c1-25-17-8-12(9-24)2-7-16(17)26-19-18-15(10-27-20(18)23-11-22-19)13-3-5-14(21)6-4-13/h2-11H,1H3.